The second kappa shape index (κ2) is 5.97. The van der Waals surface area contributed by atoms with E-state index >= 15 is 0 Å². The van der Waals surface area contributed by atoms with E-state index in [4.69, 9.17) is 17.3 Å². The lowest BCUT2D eigenvalue weighted by Gasteiger charge is -2.06. The third kappa shape index (κ3) is 2.88. The lowest BCUT2D eigenvalue weighted by atomic mass is 10.0. The van der Waals surface area contributed by atoms with E-state index in [0.717, 1.165) is 22.3 Å². The predicted molar refractivity (Wildman–Crippen MR) is 84.2 cm³/mol. The monoisotopic (exact) mass is 355 g/mol. The molecule has 0 radical (unpaired) electrons. The van der Waals surface area contributed by atoms with Crippen LogP contribution in [0.4, 0.5) is 5.69 Å². The van der Waals surface area contributed by atoms with Crippen molar-refractivity contribution in [2.24, 2.45) is 7.05 Å². The highest BCUT2D eigenvalue weighted by atomic mass is 79.9. The summed E-state index contributed by atoms with van der Waals surface area (Å²) in [5, 5.41) is 4.87. The third-order valence-electron chi connectivity index (χ3n) is 3.14. The number of nitrogen functional groups attached to an aromatic ring is 1. The topological polar surface area (TPSA) is 60.9 Å². The standard InChI is InChI=1S/C14H15BrClN3O/c1-3-11-14(16)12(19(2)18-11)7-13(20)9-5-4-8(15)6-10(9)17/h4-6H,3,7,17H2,1-2H3. The summed E-state index contributed by atoms with van der Waals surface area (Å²) in [7, 11) is 1.79. The van der Waals surface area contributed by atoms with E-state index in [1.165, 1.54) is 0 Å². The molecule has 20 heavy (non-hydrogen) atoms. The summed E-state index contributed by atoms with van der Waals surface area (Å²) >= 11 is 9.57. The molecule has 0 unspecified atom stereocenters. The van der Waals surface area contributed by atoms with E-state index in [9.17, 15) is 4.79 Å². The Morgan fingerprint density at radius 2 is 2.20 bits per heavy atom. The summed E-state index contributed by atoms with van der Waals surface area (Å²) < 4.78 is 2.51. The zero-order valence-corrected chi connectivity index (χ0v) is 13.6. The van der Waals surface area contributed by atoms with Crippen LogP contribution in [-0.4, -0.2) is 15.6 Å². The molecule has 0 saturated carbocycles. The second-order valence-electron chi connectivity index (χ2n) is 4.52. The molecule has 2 rings (SSSR count). The van der Waals surface area contributed by atoms with Gasteiger partial charge in [-0.1, -0.05) is 34.5 Å². The number of nitrogens with zero attached hydrogens (tertiary/aromatic N) is 2. The van der Waals surface area contributed by atoms with Gasteiger partial charge < -0.3 is 5.73 Å². The van der Waals surface area contributed by atoms with Crippen molar-refractivity contribution in [3.05, 3.63) is 44.6 Å². The van der Waals surface area contributed by atoms with E-state index in [1.54, 1.807) is 29.9 Å². The highest BCUT2D eigenvalue weighted by molar-refractivity contribution is 9.10. The third-order valence-corrected chi connectivity index (χ3v) is 4.07. The van der Waals surface area contributed by atoms with E-state index in [2.05, 4.69) is 21.0 Å². The number of hydrogen-bond donors (Lipinski definition) is 1. The van der Waals surface area contributed by atoms with Gasteiger partial charge in [-0.2, -0.15) is 5.10 Å². The molecule has 0 atom stereocenters. The van der Waals surface area contributed by atoms with Gasteiger partial charge in [0.1, 0.15) is 0 Å². The summed E-state index contributed by atoms with van der Waals surface area (Å²) in [5.74, 6) is -0.0671. The first-order chi connectivity index (χ1) is 9.43. The highest BCUT2D eigenvalue weighted by Gasteiger charge is 2.18. The molecule has 0 aliphatic rings. The van der Waals surface area contributed by atoms with Gasteiger partial charge >= 0.3 is 0 Å². The highest BCUT2D eigenvalue weighted by Crippen LogP contribution is 2.24. The number of benzene rings is 1. The molecule has 0 spiro atoms. The Balaban J connectivity index is 2.30. The Morgan fingerprint density at radius 3 is 2.75 bits per heavy atom. The fourth-order valence-electron chi connectivity index (χ4n) is 2.05. The van der Waals surface area contributed by atoms with Crippen LogP contribution in [0.3, 0.4) is 0 Å². The van der Waals surface area contributed by atoms with Crippen molar-refractivity contribution in [2.45, 2.75) is 19.8 Å². The number of halogens is 2. The summed E-state index contributed by atoms with van der Waals surface area (Å²) in [6.45, 7) is 1.98. The van der Waals surface area contributed by atoms with E-state index in [0.29, 0.717) is 16.3 Å². The molecule has 0 amide bonds. The molecule has 0 aliphatic heterocycles. The van der Waals surface area contributed by atoms with Gasteiger partial charge in [-0.25, -0.2) is 0 Å². The Bertz CT molecular complexity index is 667. The molecule has 1 aromatic heterocycles. The molecular formula is C14H15BrClN3O. The summed E-state index contributed by atoms with van der Waals surface area (Å²) in [6, 6.07) is 5.23. The molecule has 0 saturated heterocycles. The van der Waals surface area contributed by atoms with Gasteiger partial charge in [-0.3, -0.25) is 9.48 Å². The van der Waals surface area contributed by atoms with Gasteiger partial charge in [0.25, 0.3) is 0 Å². The molecule has 2 aromatic rings. The average Bonchev–Trinajstić information content (AvgIpc) is 2.66. The van der Waals surface area contributed by atoms with Gasteiger partial charge in [0.15, 0.2) is 5.78 Å². The molecule has 1 heterocycles. The number of carbonyl (C=O) groups excluding carboxylic acids is 1. The number of Topliss-reactive ketones (excluding diaryl/α,β-unsaturated/α-hetero) is 1. The van der Waals surface area contributed by atoms with Gasteiger partial charge in [-0.05, 0) is 24.6 Å². The molecule has 0 fully saturated rings. The van der Waals surface area contributed by atoms with Crippen LogP contribution in [0.1, 0.15) is 28.7 Å². The zero-order chi connectivity index (χ0) is 14.9. The summed E-state index contributed by atoms with van der Waals surface area (Å²) in [5.41, 5.74) is 8.36. The Labute approximate surface area is 131 Å². The Morgan fingerprint density at radius 1 is 1.50 bits per heavy atom. The van der Waals surface area contributed by atoms with Crippen molar-refractivity contribution in [3.8, 4) is 0 Å². The maximum atomic E-state index is 12.4. The van der Waals surface area contributed by atoms with Gasteiger partial charge in [0.05, 0.1) is 22.8 Å². The van der Waals surface area contributed by atoms with Crippen LogP contribution in [0.2, 0.25) is 5.02 Å². The molecule has 2 N–H and O–H groups in total. The minimum Gasteiger partial charge on any atom is -0.398 e. The lowest BCUT2D eigenvalue weighted by Crippen LogP contribution is -2.10. The normalized spacial score (nSPS) is 10.8. The maximum Gasteiger partial charge on any atom is 0.170 e. The molecular weight excluding hydrogens is 342 g/mol. The van der Waals surface area contributed by atoms with Crippen molar-refractivity contribution < 1.29 is 4.79 Å². The predicted octanol–water partition coefficient (Wildman–Crippen LogP) is 3.41. The minimum absolute atomic E-state index is 0.0671. The summed E-state index contributed by atoms with van der Waals surface area (Å²) in [6.07, 6.45) is 0.926. The van der Waals surface area contributed by atoms with Crippen molar-refractivity contribution in [1.82, 2.24) is 9.78 Å². The van der Waals surface area contributed by atoms with Gasteiger partial charge in [0.2, 0.25) is 0 Å². The average molecular weight is 357 g/mol. The number of aromatic nitrogens is 2. The van der Waals surface area contributed by atoms with Crippen LogP contribution < -0.4 is 5.73 Å². The summed E-state index contributed by atoms with van der Waals surface area (Å²) in [4.78, 5) is 12.4. The van der Waals surface area contributed by atoms with Crippen LogP contribution in [-0.2, 0) is 19.9 Å². The minimum atomic E-state index is -0.0671. The fraction of sp³-hybridized carbons (Fsp3) is 0.286. The quantitative estimate of drug-likeness (QED) is 0.674. The van der Waals surface area contributed by atoms with Crippen molar-refractivity contribution in [3.63, 3.8) is 0 Å². The molecule has 6 heteroatoms. The molecule has 4 nitrogen and oxygen atoms in total. The smallest absolute Gasteiger partial charge is 0.170 e. The SMILES string of the molecule is CCc1nn(C)c(CC(=O)c2ccc(Br)cc2N)c1Cl. The number of aryl methyl sites for hydroxylation is 2. The largest absolute Gasteiger partial charge is 0.398 e. The number of ketones is 1. The van der Waals surface area contributed by atoms with Crippen molar-refractivity contribution in [2.75, 3.05) is 5.73 Å². The Hall–Kier alpha value is -1.33. The number of anilines is 1. The van der Waals surface area contributed by atoms with E-state index in [1.807, 2.05) is 6.92 Å². The number of hydrogen-bond acceptors (Lipinski definition) is 3. The van der Waals surface area contributed by atoms with Crippen LogP contribution >= 0.6 is 27.5 Å². The fourth-order valence-corrected chi connectivity index (χ4v) is 2.79. The van der Waals surface area contributed by atoms with E-state index < -0.39 is 0 Å². The zero-order valence-electron chi connectivity index (χ0n) is 11.3. The molecule has 1 aromatic carbocycles. The first-order valence-corrected chi connectivity index (χ1v) is 7.39. The number of nitrogens with two attached hydrogens (primary N) is 1. The lowest BCUT2D eigenvalue weighted by molar-refractivity contribution is 0.0991. The van der Waals surface area contributed by atoms with Gasteiger partial charge in [-0.15, -0.1) is 0 Å². The molecule has 0 aliphatic carbocycles. The number of rotatable bonds is 4. The van der Waals surface area contributed by atoms with Gasteiger partial charge in [0, 0.05) is 22.8 Å². The van der Waals surface area contributed by atoms with E-state index in [-0.39, 0.29) is 12.2 Å². The second-order valence-corrected chi connectivity index (χ2v) is 5.81. The number of carbonyl (C=O) groups is 1. The van der Waals surface area contributed by atoms with Crippen LogP contribution in [0.15, 0.2) is 22.7 Å². The first kappa shape index (κ1) is 15.1. The first-order valence-electron chi connectivity index (χ1n) is 6.22. The van der Waals surface area contributed by atoms with Crippen molar-refractivity contribution in [1.29, 1.82) is 0 Å². The molecule has 106 valence electrons. The van der Waals surface area contributed by atoms with Crippen molar-refractivity contribution >= 4 is 39.0 Å². The maximum absolute atomic E-state index is 12.4. The van der Waals surface area contributed by atoms with Crippen LogP contribution in [0.25, 0.3) is 0 Å². The van der Waals surface area contributed by atoms with Crippen LogP contribution in [0.5, 0.6) is 0 Å². The van der Waals surface area contributed by atoms with Crippen LogP contribution in [0, 0.1) is 0 Å². The Kier molecular flexibility index (Phi) is 4.50. The molecule has 0 bridgehead atoms.